The first-order valence-electron chi connectivity index (χ1n) is 10.6. The van der Waals surface area contributed by atoms with Gasteiger partial charge < -0.3 is 19.2 Å². The number of furan rings is 1. The number of nitrogens with one attached hydrogen (secondary N) is 1. The molecule has 0 saturated carbocycles. The summed E-state index contributed by atoms with van der Waals surface area (Å²) >= 11 is 1.76. The molecule has 0 bridgehead atoms. The maximum absolute atomic E-state index is 6.33. The number of anilines is 1. The molecule has 1 N–H and O–H groups in total. The summed E-state index contributed by atoms with van der Waals surface area (Å²) in [5.74, 6) is 2.81. The fourth-order valence-corrected chi connectivity index (χ4v) is 4.56. The van der Waals surface area contributed by atoms with Gasteiger partial charge in [-0.2, -0.15) is 0 Å². The van der Waals surface area contributed by atoms with Crippen LogP contribution in [0.5, 0.6) is 11.5 Å². The molecular weight excluding hydrogens is 434 g/mol. The van der Waals surface area contributed by atoms with Crippen LogP contribution in [0, 0.1) is 0 Å². The number of nitrogens with zero attached hydrogens (tertiary/aromatic N) is 2. The molecule has 0 fully saturated rings. The predicted octanol–water partition coefficient (Wildman–Crippen LogP) is 6.29. The summed E-state index contributed by atoms with van der Waals surface area (Å²) < 4.78 is 17.3. The number of benzene rings is 2. The molecule has 5 aromatic rings. The number of aromatic nitrogens is 2. The van der Waals surface area contributed by atoms with Gasteiger partial charge >= 0.3 is 0 Å². The van der Waals surface area contributed by atoms with Gasteiger partial charge in [0.25, 0.3) is 0 Å². The van der Waals surface area contributed by atoms with Crippen LogP contribution in [-0.4, -0.2) is 30.7 Å². The molecule has 0 radical (unpaired) electrons. The third-order valence-electron chi connectivity index (χ3n) is 5.41. The molecule has 0 aliphatic rings. The monoisotopic (exact) mass is 457 g/mol. The Morgan fingerprint density at radius 3 is 2.39 bits per heavy atom. The number of hydrogen-bond donors (Lipinski definition) is 1. The van der Waals surface area contributed by atoms with Crippen molar-refractivity contribution in [2.24, 2.45) is 0 Å². The van der Waals surface area contributed by atoms with Gasteiger partial charge in [-0.3, -0.25) is 0 Å². The first-order chi connectivity index (χ1) is 16.3. The maximum Gasteiger partial charge on any atom is 0.232 e. The smallest absolute Gasteiger partial charge is 0.232 e. The summed E-state index contributed by atoms with van der Waals surface area (Å²) in [7, 11) is 3.27. The van der Waals surface area contributed by atoms with E-state index < -0.39 is 0 Å². The second-order valence-corrected chi connectivity index (χ2v) is 8.46. The lowest BCUT2D eigenvalue weighted by Gasteiger charge is -2.10. The van der Waals surface area contributed by atoms with Gasteiger partial charge in [0.1, 0.15) is 29.4 Å². The van der Waals surface area contributed by atoms with Gasteiger partial charge in [0, 0.05) is 28.6 Å². The van der Waals surface area contributed by atoms with E-state index >= 15 is 0 Å². The normalized spacial score (nSPS) is 11.0. The van der Waals surface area contributed by atoms with Crippen LogP contribution >= 0.6 is 11.3 Å². The van der Waals surface area contributed by atoms with Crippen molar-refractivity contribution in [2.45, 2.75) is 6.42 Å². The van der Waals surface area contributed by atoms with Crippen LogP contribution in [0.3, 0.4) is 0 Å². The highest BCUT2D eigenvalue weighted by molar-refractivity contribution is 7.09. The quantitative estimate of drug-likeness (QED) is 0.295. The van der Waals surface area contributed by atoms with Gasteiger partial charge in [0.2, 0.25) is 5.71 Å². The van der Waals surface area contributed by atoms with Gasteiger partial charge in [-0.15, -0.1) is 11.3 Å². The summed E-state index contributed by atoms with van der Waals surface area (Å²) in [5, 5.41) is 6.44. The number of thiophene rings is 1. The van der Waals surface area contributed by atoms with Crippen LogP contribution in [0.2, 0.25) is 0 Å². The van der Waals surface area contributed by atoms with Crippen molar-refractivity contribution in [3.8, 4) is 33.9 Å². The average molecular weight is 458 g/mol. The molecule has 3 heterocycles. The number of methoxy groups -OCH3 is 2. The Balaban J connectivity index is 1.65. The van der Waals surface area contributed by atoms with Crippen LogP contribution < -0.4 is 14.8 Å². The van der Waals surface area contributed by atoms with Crippen molar-refractivity contribution in [1.82, 2.24) is 9.97 Å². The lowest BCUT2D eigenvalue weighted by molar-refractivity contribution is 0.394. The second-order valence-electron chi connectivity index (χ2n) is 7.43. The third-order valence-corrected chi connectivity index (χ3v) is 6.34. The van der Waals surface area contributed by atoms with E-state index in [0.717, 1.165) is 40.9 Å². The highest BCUT2D eigenvalue weighted by atomic mass is 32.1. The Bertz CT molecular complexity index is 1340. The van der Waals surface area contributed by atoms with E-state index in [-0.39, 0.29) is 0 Å². The fourth-order valence-electron chi connectivity index (χ4n) is 3.85. The molecular formula is C26H23N3O3S. The molecule has 0 aliphatic heterocycles. The Hall–Kier alpha value is -3.84. The number of fused-ring (bicyclic) bond motifs is 1. The second kappa shape index (κ2) is 9.34. The summed E-state index contributed by atoms with van der Waals surface area (Å²) in [6.07, 6.45) is 2.45. The van der Waals surface area contributed by atoms with Crippen LogP contribution in [0.1, 0.15) is 4.88 Å². The van der Waals surface area contributed by atoms with Gasteiger partial charge in [-0.25, -0.2) is 9.97 Å². The summed E-state index contributed by atoms with van der Waals surface area (Å²) in [5.41, 5.74) is 3.32. The van der Waals surface area contributed by atoms with Crippen LogP contribution in [0.15, 0.2) is 76.8 Å². The highest BCUT2D eigenvalue weighted by Crippen LogP contribution is 2.44. The minimum absolute atomic E-state index is 0.527. The maximum atomic E-state index is 6.33. The molecule has 2 aromatic carbocycles. The molecule has 6 nitrogen and oxygen atoms in total. The molecule has 7 heteroatoms. The van der Waals surface area contributed by atoms with Gasteiger partial charge in [0.05, 0.1) is 19.6 Å². The van der Waals surface area contributed by atoms with E-state index in [1.165, 1.54) is 11.2 Å². The van der Waals surface area contributed by atoms with E-state index in [9.17, 15) is 0 Å². The Morgan fingerprint density at radius 2 is 1.70 bits per heavy atom. The lowest BCUT2D eigenvalue weighted by Crippen LogP contribution is -2.06. The topological polar surface area (TPSA) is 69.4 Å². The van der Waals surface area contributed by atoms with E-state index in [4.69, 9.17) is 13.9 Å². The van der Waals surface area contributed by atoms with E-state index in [1.807, 2.05) is 36.4 Å². The first kappa shape index (κ1) is 21.0. The summed E-state index contributed by atoms with van der Waals surface area (Å²) in [6.45, 7) is 0.758. The first-order valence-corrected chi connectivity index (χ1v) is 11.5. The Kier molecular flexibility index (Phi) is 5.95. The average Bonchev–Trinajstić information content (AvgIpc) is 3.52. The standard InChI is InChI=1S/C26H23N3O3S/c1-30-19-13-18(14-20(15-19)31-2)24-22(17-7-4-3-5-8-17)23-25(28-16-29-26(23)32-24)27-11-10-21-9-6-12-33-21/h3-9,12-16H,10-11H2,1-2H3,(H,27,28,29). The van der Waals surface area contributed by atoms with E-state index in [1.54, 1.807) is 25.6 Å². The number of rotatable bonds is 8. The molecule has 166 valence electrons. The van der Waals surface area contributed by atoms with Crippen molar-refractivity contribution in [2.75, 3.05) is 26.1 Å². The fraction of sp³-hybridized carbons (Fsp3) is 0.154. The van der Waals surface area contributed by atoms with Gasteiger partial charge in [-0.05, 0) is 35.6 Å². The molecule has 3 aromatic heterocycles. The molecule has 0 spiro atoms. The van der Waals surface area contributed by atoms with Crippen LogP contribution in [0.25, 0.3) is 33.6 Å². The van der Waals surface area contributed by atoms with Crippen molar-refractivity contribution < 1.29 is 13.9 Å². The largest absolute Gasteiger partial charge is 0.497 e. The highest BCUT2D eigenvalue weighted by Gasteiger charge is 2.23. The minimum atomic E-state index is 0.527. The lowest BCUT2D eigenvalue weighted by atomic mass is 9.99. The van der Waals surface area contributed by atoms with Crippen molar-refractivity contribution in [1.29, 1.82) is 0 Å². The molecule has 33 heavy (non-hydrogen) atoms. The zero-order valence-corrected chi connectivity index (χ0v) is 19.2. The molecule has 0 aliphatic carbocycles. The molecule has 5 rings (SSSR count). The molecule has 0 atom stereocenters. The zero-order chi connectivity index (χ0) is 22.6. The molecule has 0 amide bonds. The molecule has 0 saturated heterocycles. The zero-order valence-electron chi connectivity index (χ0n) is 18.4. The minimum Gasteiger partial charge on any atom is -0.497 e. The van der Waals surface area contributed by atoms with E-state index in [0.29, 0.717) is 23.0 Å². The third kappa shape index (κ3) is 4.27. The Labute approximate surface area is 195 Å². The van der Waals surface area contributed by atoms with Crippen molar-refractivity contribution in [3.05, 3.63) is 77.2 Å². The van der Waals surface area contributed by atoms with Crippen molar-refractivity contribution >= 4 is 28.3 Å². The van der Waals surface area contributed by atoms with Crippen LogP contribution in [-0.2, 0) is 6.42 Å². The Morgan fingerprint density at radius 1 is 0.909 bits per heavy atom. The predicted molar refractivity (Wildman–Crippen MR) is 132 cm³/mol. The SMILES string of the molecule is COc1cc(OC)cc(-c2oc3ncnc(NCCc4cccs4)c3c2-c2ccccc2)c1. The number of ether oxygens (including phenoxy) is 2. The van der Waals surface area contributed by atoms with E-state index in [2.05, 4.69) is 44.9 Å². The van der Waals surface area contributed by atoms with Gasteiger partial charge in [0.15, 0.2) is 0 Å². The molecule has 0 unspecified atom stereocenters. The van der Waals surface area contributed by atoms with Crippen molar-refractivity contribution in [3.63, 3.8) is 0 Å². The number of hydrogen-bond acceptors (Lipinski definition) is 7. The van der Waals surface area contributed by atoms with Crippen LogP contribution in [0.4, 0.5) is 5.82 Å². The summed E-state index contributed by atoms with van der Waals surface area (Å²) in [6, 6.07) is 20.1. The summed E-state index contributed by atoms with van der Waals surface area (Å²) in [4.78, 5) is 10.3. The van der Waals surface area contributed by atoms with Gasteiger partial charge in [-0.1, -0.05) is 36.4 Å².